The van der Waals surface area contributed by atoms with Crippen LogP contribution < -0.4 is 0 Å². The number of ether oxygens (including phenoxy) is 2. The van der Waals surface area contributed by atoms with Gasteiger partial charge in [0.2, 0.25) is 0 Å². The quantitative estimate of drug-likeness (QED) is 0.641. The summed E-state index contributed by atoms with van der Waals surface area (Å²) in [4.78, 5) is 0. The Kier molecular flexibility index (Phi) is 7.53. The third kappa shape index (κ3) is 5.60. The highest BCUT2D eigenvalue weighted by Gasteiger charge is 2.32. The van der Waals surface area contributed by atoms with E-state index in [1.165, 1.54) is 38.5 Å². The molecule has 0 spiro atoms. The molecule has 1 saturated heterocycles. The van der Waals surface area contributed by atoms with Crippen LogP contribution in [0.2, 0.25) is 0 Å². The van der Waals surface area contributed by atoms with E-state index in [4.69, 9.17) is 14.7 Å². The van der Waals surface area contributed by atoms with Gasteiger partial charge in [0.05, 0.1) is 19.3 Å². The minimum atomic E-state index is 0.000911. The smallest absolute Gasteiger partial charge is 0.160 e. The first-order valence-electron chi connectivity index (χ1n) is 8.96. The van der Waals surface area contributed by atoms with E-state index in [9.17, 15) is 0 Å². The van der Waals surface area contributed by atoms with Crippen LogP contribution >= 0.6 is 0 Å². The molecule has 1 aliphatic carbocycles. The lowest BCUT2D eigenvalue weighted by Crippen LogP contribution is -2.38. The molecule has 2 rings (SSSR count). The normalized spacial score (nSPS) is 33.5. The molecule has 1 saturated carbocycles. The summed E-state index contributed by atoms with van der Waals surface area (Å²) in [5.41, 5.74) is 0. The Morgan fingerprint density at radius 3 is 2.24 bits per heavy atom. The Morgan fingerprint density at radius 2 is 1.62 bits per heavy atom. The average molecular weight is 293 g/mol. The Balaban J connectivity index is 1.57. The van der Waals surface area contributed by atoms with Crippen LogP contribution in [0.5, 0.6) is 0 Å². The Labute approximate surface area is 130 Å². The lowest BCUT2D eigenvalue weighted by atomic mass is 9.82. The number of rotatable bonds is 7. The van der Waals surface area contributed by atoms with Gasteiger partial charge in [-0.3, -0.25) is 0 Å². The lowest BCUT2D eigenvalue weighted by Gasteiger charge is -2.36. The highest BCUT2D eigenvalue weighted by atomic mass is 16.7. The molecule has 0 amide bonds. The molecule has 0 atom stereocenters. The predicted molar refractivity (Wildman–Crippen MR) is 83.6 cm³/mol. The van der Waals surface area contributed by atoms with Gasteiger partial charge in [0.25, 0.3) is 0 Å². The van der Waals surface area contributed by atoms with Crippen molar-refractivity contribution in [2.75, 3.05) is 13.2 Å². The monoisotopic (exact) mass is 293 g/mol. The molecule has 0 unspecified atom stereocenters. The predicted octanol–water partition coefficient (Wildman–Crippen LogP) is 4.67. The minimum absolute atomic E-state index is 0.000911. The van der Waals surface area contributed by atoms with Gasteiger partial charge in [-0.2, -0.15) is 5.26 Å². The molecule has 120 valence electrons. The molecule has 3 nitrogen and oxygen atoms in total. The lowest BCUT2D eigenvalue weighted by molar-refractivity contribution is -0.229. The fourth-order valence-electron chi connectivity index (χ4n) is 3.55. The number of nitrogens with zero attached hydrogens (tertiary/aromatic N) is 1. The molecular weight excluding hydrogens is 262 g/mol. The van der Waals surface area contributed by atoms with Crippen molar-refractivity contribution in [3.8, 4) is 6.07 Å². The number of hydrogen-bond acceptors (Lipinski definition) is 3. The molecule has 0 bridgehead atoms. The number of nitriles is 1. The molecule has 0 aromatic heterocycles. The van der Waals surface area contributed by atoms with E-state index in [-0.39, 0.29) is 12.2 Å². The van der Waals surface area contributed by atoms with Gasteiger partial charge >= 0.3 is 0 Å². The topological polar surface area (TPSA) is 42.2 Å². The summed E-state index contributed by atoms with van der Waals surface area (Å²) in [7, 11) is 0. The maximum absolute atomic E-state index is 8.95. The molecule has 1 aliphatic heterocycles. The molecule has 2 aliphatic rings. The van der Waals surface area contributed by atoms with Crippen molar-refractivity contribution < 1.29 is 9.47 Å². The van der Waals surface area contributed by atoms with Crippen molar-refractivity contribution in [2.24, 2.45) is 17.8 Å². The van der Waals surface area contributed by atoms with Gasteiger partial charge in [0.1, 0.15) is 0 Å². The first-order valence-corrected chi connectivity index (χ1v) is 8.96. The zero-order valence-corrected chi connectivity index (χ0v) is 13.6. The van der Waals surface area contributed by atoms with E-state index >= 15 is 0 Å². The second-order valence-electron chi connectivity index (χ2n) is 6.84. The standard InChI is InChI=1S/C18H31NO2/c1-2-3-4-5-6-7-16-13-20-18(21-14-16)17-10-8-15(12-19)9-11-17/h15-18H,2-11,13-14H2,1H3/t15?,16-,17?,18-. The van der Waals surface area contributed by atoms with Gasteiger partial charge in [-0.1, -0.05) is 39.0 Å². The second-order valence-corrected chi connectivity index (χ2v) is 6.84. The average Bonchev–Trinajstić information content (AvgIpc) is 2.55. The fourth-order valence-corrected chi connectivity index (χ4v) is 3.55. The Bertz CT molecular complexity index is 310. The van der Waals surface area contributed by atoms with Crippen molar-refractivity contribution in [1.82, 2.24) is 0 Å². The van der Waals surface area contributed by atoms with E-state index in [1.54, 1.807) is 0 Å². The first-order chi connectivity index (χ1) is 10.3. The van der Waals surface area contributed by atoms with Gasteiger partial charge in [0.15, 0.2) is 6.29 Å². The molecule has 2 fully saturated rings. The summed E-state index contributed by atoms with van der Waals surface area (Å²) in [5, 5.41) is 8.95. The summed E-state index contributed by atoms with van der Waals surface area (Å²) < 4.78 is 11.9. The maximum atomic E-state index is 8.95. The van der Waals surface area contributed by atoms with Gasteiger partial charge < -0.3 is 9.47 Å². The van der Waals surface area contributed by atoms with Crippen LogP contribution in [-0.4, -0.2) is 19.5 Å². The molecular formula is C18H31NO2. The van der Waals surface area contributed by atoms with Crippen molar-refractivity contribution in [1.29, 1.82) is 5.26 Å². The van der Waals surface area contributed by atoms with Gasteiger partial charge in [-0.05, 0) is 32.1 Å². The van der Waals surface area contributed by atoms with E-state index in [2.05, 4.69) is 13.0 Å². The van der Waals surface area contributed by atoms with Gasteiger partial charge in [-0.15, -0.1) is 0 Å². The zero-order chi connectivity index (χ0) is 14.9. The number of hydrogen-bond donors (Lipinski definition) is 0. The minimum Gasteiger partial charge on any atom is -0.352 e. The van der Waals surface area contributed by atoms with E-state index < -0.39 is 0 Å². The second kappa shape index (κ2) is 9.43. The van der Waals surface area contributed by atoms with Crippen LogP contribution in [0.3, 0.4) is 0 Å². The number of unbranched alkanes of at least 4 members (excludes halogenated alkanes) is 4. The fraction of sp³-hybridized carbons (Fsp3) is 0.944. The van der Waals surface area contributed by atoms with E-state index in [0.29, 0.717) is 11.8 Å². The summed E-state index contributed by atoms with van der Waals surface area (Å²) in [5.74, 6) is 1.37. The van der Waals surface area contributed by atoms with Crippen LogP contribution in [-0.2, 0) is 9.47 Å². The van der Waals surface area contributed by atoms with Gasteiger partial charge in [-0.25, -0.2) is 0 Å². The highest BCUT2D eigenvalue weighted by molar-refractivity contribution is 4.88. The SMILES string of the molecule is CCCCCCC[C@H]1CO[C@H](C2CCC(C#N)CC2)OC1. The largest absolute Gasteiger partial charge is 0.352 e. The Morgan fingerprint density at radius 1 is 0.952 bits per heavy atom. The highest BCUT2D eigenvalue weighted by Crippen LogP contribution is 2.34. The first kappa shape index (κ1) is 16.8. The molecule has 0 aromatic carbocycles. The molecule has 1 heterocycles. The molecule has 0 radical (unpaired) electrons. The van der Waals surface area contributed by atoms with Crippen molar-refractivity contribution in [3.05, 3.63) is 0 Å². The van der Waals surface area contributed by atoms with Crippen LogP contribution in [0.4, 0.5) is 0 Å². The van der Waals surface area contributed by atoms with E-state index in [1.807, 2.05) is 0 Å². The van der Waals surface area contributed by atoms with Crippen LogP contribution in [0.1, 0.15) is 71.1 Å². The summed E-state index contributed by atoms with van der Waals surface area (Å²) in [6.07, 6.45) is 12.2. The molecule has 21 heavy (non-hydrogen) atoms. The van der Waals surface area contributed by atoms with Crippen LogP contribution in [0.25, 0.3) is 0 Å². The summed E-state index contributed by atoms with van der Waals surface area (Å²) in [6.45, 7) is 4.00. The third-order valence-corrected chi connectivity index (χ3v) is 5.05. The molecule has 0 N–H and O–H groups in total. The zero-order valence-electron chi connectivity index (χ0n) is 13.6. The van der Waals surface area contributed by atoms with E-state index in [0.717, 1.165) is 38.9 Å². The molecule has 3 heteroatoms. The summed E-state index contributed by atoms with van der Waals surface area (Å²) >= 11 is 0. The summed E-state index contributed by atoms with van der Waals surface area (Å²) in [6, 6.07) is 2.39. The third-order valence-electron chi connectivity index (χ3n) is 5.05. The van der Waals surface area contributed by atoms with Crippen molar-refractivity contribution >= 4 is 0 Å². The van der Waals surface area contributed by atoms with Gasteiger partial charge in [0, 0.05) is 17.8 Å². The molecule has 0 aromatic rings. The van der Waals surface area contributed by atoms with Crippen molar-refractivity contribution in [2.45, 2.75) is 77.4 Å². The Hall–Kier alpha value is -0.590. The maximum Gasteiger partial charge on any atom is 0.160 e. The van der Waals surface area contributed by atoms with Crippen LogP contribution in [0, 0.1) is 29.1 Å². The van der Waals surface area contributed by atoms with Crippen LogP contribution in [0.15, 0.2) is 0 Å². The van der Waals surface area contributed by atoms with Crippen molar-refractivity contribution in [3.63, 3.8) is 0 Å².